The quantitative estimate of drug-likeness (QED) is 0.870. The van der Waals surface area contributed by atoms with Gasteiger partial charge in [-0.3, -0.25) is 4.79 Å². The number of carbonyl (C=O) groups excluding carboxylic acids is 1. The second-order valence-corrected chi connectivity index (χ2v) is 6.56. The first kappa shape index (κ1) is 15.1. The third-order valence-corrected chi connectivity index (χ3v) is 4.51. The lowest BCUT2D eigenvalue weighted by Gasteiger charge is -2.26. The molecule has 0 spiro atoms. The van der Waals surface area contributed by atoms with Gasteiger partial charge in [-0.2, -0.15) is 0 Å². The van der Waals surface area contributed by atoms with Crippen molar-refractivity contribution in [2.24, 2.45) is 0 Å². The second kappa shape index (κ2) is 6.11. The minimum absolute atomic E-state index is 0.249. The zero-order valence-corrected chi connectivity index (χ0v) is 13.8. The van der Waals surface area contributed by atoms with E-state index in [0.29, 0.717) is 12.5 Å². The van der Waals surface area contributed by atoms with Crippen molar-refractivity contribution in [1.29, 1.82) is 0 Å². The Labute approximate surface area is 132 Å². The summed E-state index contributed by atoms with van der Waals surface area (Å²) in [6.07, 6.45) is 4.02. The van der Waals surface area contributed by atoms with E-state index in [0.717, 1.165) is 48.4 Å². The van der Waals surface area contributed by atoms with E-state index in [9.17, 15) is 4.79 Å². The molecule has 1 aromatic heterocycles. The summed E-state index contributed by atoms with van der Waals surface area (Å²) in [6.45, 7) is 8.21. The predicted molar refractivity (Wildman–Crippen MR) is 89.0 cm³/mol. The van der Waals surface area contributed by atoms with E-state index >= 15 is 0 Å². The second-order valence-electron chi connectivity index (χ2n) is 6.56. The highest BCUT2D eigenvalue weighted by atomic mass is 16.2. The Balaban J connectivity index is 1.81. The number of rotatable bonds is 3. The highest BCUT2D eigenvalue weighted by Crippen LogP contribution is 2.22. The maximum absolute atomic E-state index is 12.4. The number of aromatic nitrogens is 2. The van der Waals surface area contributed by atoms with Crippen molar-refractivity contribution in [1.82, 2.24) is 14.5 Å². The number of fused-ring (bicyclic) bond motifs is 1. The summed E-state index contributed by atoms with van der Waals surface area (Å²) in [5.74, 6) is 1.28. The van der Waals surface area contributed by atoms with Crippen LogP contribution >= 0.6 is 0 Å². The monoisotopic (exact) mass is 299 g/mol. The molecule has 0 unspecified atom stereocenters. The van der Waals surface area contributed by atoms with Gasteiger partial charge in [0.1, 0.15) is 5.82 Å². The molecule has 1 aliphatic heterocycles. The Kier molecular flexibility index (Phi) is 4.19. The molecule has 4 heteroatoms. The van der Waals surface area contributed by atoms with Crippen molar-refractivity contribution in [3.63, 3.8) is 0 Å². The summed E-state index contributed by atoms with van der Waals surface area (Å²) in [7, 11) is 0. The first-order valence-electron chi connectivity index (χ1n) is 8.31. The fraction of sp³-hybridized carbons (Fsp3) is 0.556. The smallest absolute Gasteiger partial charge is 0.226 e. The number of benzene rings is 1. The van der Waals surface area contributed by atoms with Crippen LogP contribution in [0.4, 0.5) is 0 Å². The summed E-state index contributed by atoms with van der Waals surface area (Å²) in [5.41, 5.74) is 3.22. The Morgan fingerprint density at radius 2 is 1.95 bits per heavy atom. The van der Waals surface area contributed by atoms with Gasteiger partial charge in [-0.05, 0) is 57.7 Å². The van der Waals surface area contributed by atoms with Gasteiger partial charge in [0.25, 0.3) is 0 Å². The third kappa shape index (κ3) is 2.87. The van der Waals surface area contributed by atoms with Crippen LogP contribution in [-0.4, -0.2) is 33.4 Å². The Hall–Kier alpha value is -1.84. The van der Waals surface area contributed by atoms with Gasteiger partial charge in [0, 0.05) is 19.1 Å². The molecule has 22 heavy (non-hydrogen) atoms. The van der Waals surface area contributed by atoms with Crippen molar-refractivity contribution in [2.45, 2.75) is 52.5 Å². The summed E-state index contributed by atoms with van der Waals surface area (Å²) < 4.78 is 2.24. The highest BCUT2D eigenvalue weighted by Gasteiger charge is 2.17. The number of likely N-dealkylation sites (tertiary alicyclic amines) is 1. The molecule has 0 N–H and O–H groups in total. The van der Waals surface area contributed by atoms with E-state index in [-0.39, 0.29) is 5.91 Å². The Morgan fingerprint density at radius 3 is 2.64 bits per heavy atom. The maximum atomic E-state index is 12.4. The standard InChI is InChI=1S/C18H25N3O/c1-13(2)21-14(3)19-16-11-15(7-8-17(16)21)12-18(22)20-9-5-4-6-10-20/h7-8,11,13H,4-6,9-10,12H2,1-3H3. The van der Waals surface area contributed by atoms with Crippen LogP contribution in [0.2, 0.25) is 0 Å². The molecule has 1 aliphatic rings. The number of amides is 1. The average Bonchev–Trinajstić information content (AvgIpc) is 2.83. The molecule has 1 fully saturated rings. The van der Waals surface area contributed by atoms with Crippen LogP contribution in [0.25, 0.3) is 11.0 Å². The van der Waals surface area contributed by atoms with E-state index in [1.807, 2.05) is 11.8 Å². The molecule has 1 aromatic carbocycles. The fourth-order valence-electron chi connectivity index (χ4n) is 3.46. The maximum Gasteiger partial charge on any atom is 0.226 e. The van der Waals surface area contributed by atoms with Gasteiger partial charge in [-0.15, -0.1) is 0 Å². The van der Waals surface area contributed by atoms with Gasteiger partial charge in [-0.25, -0.2) is 4.98 Å². The van der Waals surface area contributed by atoms with Gasteiger partial charge in [0.15, 0.2) is 0 Å². The summed E-state index contributed by atoms with van der Waals surface area (Å²) >= 11 is 0. The van der Waals surface area contributed by atoms with E-state index in [1.54, 1.807) is 0 Å². The fourth-order valence-corrected chi connectivity index (χ4v) is 3.46. The molecule has 0 bridgehead atoms. The molecule has 0 saturated carbocycles. The molecule has 1 amide bonds. The Morgan fingerprint density at radius 1 is 1.23 bits per heavy atom. The molecule has 3 rings (SSSR count). The van der Waals surface area contributed by atoms with Gasteiger partial charge in [0.2, 0.25) is 5.91 Å². The number of hydrogen-bond acceptors (Lipinski definition) is 2. The SMILES string of the molecule is Cc1nc2cc(CC(=O)N3CCCCC3)ccc2n1C(C)C. The van der Waals surface area contributed by atoms with Crippen molar-refractivity contribution in [3.05, 3.63) is 29.6 Å². The molecule has 118 valence electrons. The normalized spacial score (nSPS) is 15.7. The lowest BCUT2D eigenvalue weighted by Crippen LogP contribution is -2.36. The molecule has 2 heterocycles. The number of aryl methyl sites for hydroxylation is 1. The van der Waals surface area contributed by atoms with Crippen LogP contribution in [0.5, 0.6) is 0 Å². The molecular formula is C18H25N3O. The van der Waals surface area contributed by atoms with Gasteiger partial charge in [0.05, 0.1) is 17.5 Å². The lowest BCUT2D eigenvalue weighted by atomic mass is 10.1. The number of nitrogens with zero attached hydrogens (tertiary/aromatic N) is 3. The van der Waals surface area contributed by atoms with Crippen LogP contribution < -0.4 is 0 Å². The predicted octanol–water partition coefficient (Wildman–Crippen LogP) is 3.48. The largest absolute Gasteiger partial charge is 0.342 e. The van der Waals surface area contributed by atoms with Crippen LogP contribution in [0.1, 0.15) is 50.5 Å². The van der Waals surface area contributed by atoms with Gasteiger partial charge < -0.3 is 9.47 Å². The van der Waals surface area contributed by atoms with Crippen molar-refractivity contribution in [3.8, 4) is 0 Å². The van der Waals surface area contributed by atoms with Crippen molar-refractivity contribution >= 4 is 16.9 Å². The summed E-state index contributed by atoms with van der Waals surface area (Å²) in [5, 5.41) is 0. The average molecular weight is 299 g/mol. The Bertz CT molecular complexity index is 681. The van der Waals surface area contributed by atoms with Gasteiger partial charge >= 0.3 is 0 Å². The third-order valence-electron chi connectivity index (χ3n) is 4.51. The molecule has 0 radical (unpaired) electrons. The zero-order chi connectivity index (χ0) is 15.7. The van der Waals surface area contributed by atoms with Crippen molar-refractivity contribution < 1.29 is 4.79 Å². The first-order chi connectivity index (χ1) is 10.6. The highest BCUT2D eigenvalue weighted by molar-refractivity contribution is 5.82. The van der Waals surface area contributed by atoms with E-state index in [4.69, 9.17) is 0 Å². The van der Waals surface area contributed by atoms with Gasteiger partial charge in [-0.1, -0.05) is 6.07 Å². The number of piperidine rings is 1. The minimum atomic E-state index is 0.249. The zero-order valence-electron chi connectivity index (χ0n) is 13.8. The number of imidazole rings is 1. The van der Waals surface area contributed by atoms with E-state index in [2.05, 4.69) is 41.6 Å². The van der Waals surface area contributed by atoms with Crippen LogP contribution in [0.15, 0.2) is 18.2 Å². The van der Waals surface area contributed by atoms with E-state index in [1.165, 1.54) is 6.42 Å². The summed E-state index contributed by atoms with van der Waals surface area (Å²) in [4.78, 5) is 19.0. The lowest BCUT2D eigenvalue weighted by molar-refractivity contribution is -0.131. The topological polar surface area (TPSA) is 38.1 Å². The minimum Gasteiger partial charge on any atom is -0.342 e. The van der Waals surface area contributed by atoms with Crippen molar-refractivity contribution in [2.75, 3.05) is 13.1 Å². The molecule has 1 saturated heterocycles. The molecule has 0 atom stereocenters. The summed E-state index contributed by atoms with van der Waals surface area (Å²) in [6, 6.07) is 6.65. The molecule has 4 nitrogen and oxygen atoms in total. The molecular weight excluding hydrogens is 274 g/mol. The number of hydrogen-bond donors (Lipinski definition) is 0. The van der Waals surface area contributed by atoms with Crippen LogP contribution in [0.3, 0.4) is 0 Å². The van der Waals surface area contributed by atoms with E-state index < -0.39 is 0 Å². The van der Waals surface area contributed by atoms with Crippen LogP contribution in [0, 0.1) is 6.92 Å². The number of carbonyl (C=O) groups is 1. The molecule has 0 aliphatic carbocycles. The molecule has 2 aromatic rings. The van der Waals surface area contributed by atoms with Crippen LogP contribution in [-0.2, 0) is 11.2 Å². The first-order valence-corrected chi connectivity index (χ1v) is 8.31.